The molecule has 0 radical (unpaired) electrons. The molecule has 0 unspecified atom stereocenters. The third kappa shape index (κ3) is 3.64. The first-order valence-corrected chi connectivity index (χ1v) is 6.56. The zero-order valence-corrected chi connectivity index (χ0v) is 11.8. The van der Waals surface area contributed by atoms with E-state index in [9.17, 15) is 20.1 Å². The summed E-state index contributed by atoms with van der Waals surface area (Å²) in [5.41, 5.74) is -0.633. The smallest absolute Gasteiger partial charge is 0.339 e. The summed E-state index contributed by atoms with van der Waals surface area (Å²) in [7, 11) is 1.39. The molecule has 0 bridgehead atoms. The second kappa shape index (κ2) is 7.18. The van der Waals surface area contributed by atoms with Gasteiger partial charge in [0.25, 0.3) is 0 Å². The molecule has 2 heterocycles. The molecule has 5 atom stereocenters. The molecule has 4 N–H and O–H groups in total. The van der Waals surface area contributed by atoms with Crippen LogP contribution in [0.1, 0.15) is 5.76 Å². The van der Waals surface area contributed by atoms with Crippen LogP contribution in [-0.2, 0) is 16.1 Å². The lowest BCUT2D eigenvalue weighted by atomic mass is 9.99. The predicted octanol–water partition coefficient (Wildman–Crippen LogP) is -2.04. The van der Waals surface area contributed by atoms with Gasteiger partial charge in [-0.05, 0) is 0 Å². The van der Waals surface area contributed by atoms with Crippen molar-refractivity contribution in [3.8, 4) is 5.75 Å². The van der Waals surface area contributed by atoms with Gasteiger partial charge in [0, 0.05) is 6.07 Å². The highest BCUT2D eigenvalue weighted by Crippen LogP contribution is 2.23. The van der Waals surface area contributed by atoms with E-state index in [1.165, 1.54) is 13.2 Å². The SMILES string of the molecule is COc1cc(CO[C@@H]2O[C@H](CO)[C@@H](O)[C@H](O)[C@H]2O)oc(=O)c1. The van der Waals surface area contributed by atoms with E-state index in [0.717, 1.165) is 6.07 Å². The fourth-order valence-corrected chi connectivity index (χ4v) is 2.06. The summed E-state index contributed by atoms with van der Waals surface area (Å²) in [5, 5.41) is 38.1. The van der Waals surface area contributed by atoms with Crippen molar-refractivity contribution in [2.24, 2.45) is 0 Å². The molecule has 9 heteroatoms. The molecule has 124 valence electrons. The molecule has 0 amide bonds. The van der Waals surface area contributed by atoms with Gasteiger partial charge in [-0.2, -0.15) is 0 Å². The van der Waals surface area contributed by atoms with E-state index < -0.39 is 42.9 Å². The lowest BCUT2D eigenvalue weighted by Gasteiger charge is -2.39. The zero-order chi connectivity index (χ0) is 16.3. The molecule has 1 fully saturated rings. The normalized spacial score (nSPS) is 32.0. The van der Waals surface area contributed by atoms with E-state index in [1.54, 1.807) is 0 Å². The van der Waals surface area contributed by atoms with Gasteiger partial charge in [0.05, 0.1) is 19.8 Å². The van der Waals surface area contributed by atoms with Crippen LogP contribution in [-0.4, -0.2) is 64.8 Å². The van der Waals surface area contributed by atoms with E-state index in [4.69, 9.17) is 23.7 Å². The summed E-state index contributed by atoms with van der Waals surface area (Å²) in [4.78, 5) is 11.3. The summed E-state index contributed by atoms with van der Waals surface area (Å²) in [5.74, 6) is 0.407. The molecular weight excluding hydrogens is 300 g/mol. The van der Waals surface area contributed by atoms with Gasteiger partial charge in [-0.25, -0.2) is 4.79 Å². The summed E-state index contributed by atoms with van der Waals surface area (Å²) in [6.07, 6.45) is -6.88. The van der Waals surface area contributed by atoms with Crippen molar-refractivity contribution in [2.75, 3.05) is 13.7 Å². The maximum absolute atomic E-state index is 11.3. The summed E-state index contributed by atoms with van der Waals surface area (Å²) < 4.78 is 20.2. The van der Waals surface area contributed by atoms with Crippen molar-refractivity contribution in [3.63, 3.8) is 0 Å². The van der Waals surface area contributed by atoms with E-state index in [2.05, 4.69) is 0 Å². The molecule has 9 nitrogen and oxygen atoms in total. The highest BCUT2D eigenvalue weighted by molar-refractivity contribution is 5.19. The molecule has 0 spiro atoms. The molecule has 1 aromatic heterocycles. The van der Waals surface area contributed by atoms with Gasteiger partial charge in [-0.15, -0.1) is 0 Å². The molecule has 1 saturated heterocycles. The second-order valence-corrected chi connectivity index (χ2v) is 4.79. The number of ether oxygens (including phenoxy) is 3. The van der Waals surface area contributed by atoms with E-state index in [0.29, 0.717) is 0 Å². The standard InChI is InChI=1S/C13H18O9/c1-19-6-2-7(21-9(15)3-6)5-20-13-12(18)11(17)10(16)8(4-14)22-13/h2-3,8,10-14,16-18H,4-5H2,1H3/t8-,10-,11+,12-,13-/m1/s1. The molecule has 2 rings (SSSR count). The maximum atomic E-state index is 11.3. The summed E-state index contributed by atoms with van der Waals surface area (Å²) >= 11 is 0. The Morgan fingerprint density at radius 3 is 2.55 bits per heavy atom. The van der Waals surface area contributed by atoms with Crippen LogP contribution in [0.15, 0.2) is 21.3 Å². The molecule has 0 aliphatic carbocycles. The van der Waals surface area contributed by atoms with E-state index >= 15 is 0 Å². The van der Waals surface area contributed by atoms with Crippen molar-refractivity contribution < 1.29 is 39.1 Å². The number of rotatable bonds is 5. The average Bonchev–Trinajstić information content (AvgIpc) is 2.51. The minimum Gasteiger partial charge on any atom is -0.496 e. The molecule has 1 aromatic rings. The van der Waals surface area contributed by atoms with Crippen LogP contribution in [0, 0.1) is 0 Å². The van der Waals surface area contributed by atoms with Gasteiger partial charge in [0.15, 0.2) is 6.29 Å². The third-order valence-electron chi connectivity index (χ3n) is 3.27. The van der Waals surface area contributed by atoms with Crippen molar-refractivity contribution in [3.05, 3.63) is 28.3 Å². The van der Waals surface area contributed by atoms with Crippen molar-refractivity contribution in [2.45, 2.75) is 37.3 Å². The molecule has 0 aromatic carbocycles. The first-order valence-electron chi connectivity index (χ1n) is 6.56. The number of aliphatic hydroxyl groups is 4. The van der Waals surface area contributed by atoms with Crippen LogP contribution < -0.4 is 10.4 Å². The lowest BCUT2D eigenvalue weighted by molar-refractivity contribution is -0.304. The molecule has 1 aliphatic rings. The highest BCUT2D eigenvalue weighted by Gasteiger charge is 2.44. The van der Waals surface area contributed by atoms with Crippen LogP contribution >= 0.6 is 0 Å². The van der Waals surface area contributed by atoms with E-state index in [-0.39, 0.29) is 18.1 Å². The highest BCUT2D eigenvalue weighted by atomic mass is 16.7. The zero-order valence-electron chi connectivity index (χ0n) is 11.8. The second-order valence-electron chi connectivity index (χ2n) is 4.79. The first-order chi connectivity index (χ1) is 10.5. The maximum Gasteiger partial charge on any atom is 0.339 e. The molecule has 0 saturated carbocycles. The largest absolute Gasteiger partial charge is 0.496 e. The minimum atomic E-state index is -1.53. The predicted molar refractivity (Wildman–Crippen MR) is 70.1 cm³/mol. The quantitative estimate of drug-likeness (QED) is 0.483. The Labute approximate surface area is 125 Å². The number of aliphatic hydroxyl groups excluding tert-OH is 4. The van der Waals surface area contributed by atoms with Crippen molar-refractivity contribution in [1.29, 1.82) is 0 Å². The van der Waals surface area contributed by atoms with Crippen LogP contribution in [0.3, 0.4) is 0 Å². The Bertz CT molecular complexity index is 541. The van der Waals surface area contributed by atoms with Crippen LogP contribution in [0.5, 0.6) is 5.75 Å². The van der Waals surface area contributed by atoms with Crippen molar-refractivity contribution >= 4 is 0 Å². The fourth-order valence-electron chi connectivity index (χ4n) is 2.06. The van der Waals surface area contributed by atoms with Gasteiger partial charge in [-0.1, -0.05) is 0 Å². The summed E-state index contributed by atoms with van der Waals surface area (Å²) in [6.45, 7) is -0.797. The van der Waals surface area contributed by atoms with Gasteiger partial charge < -0.3 is 39.1 Å². The molecule has 22 heavy (non-hydrogen) atoms. The Morgan fingerprint density at radius 1 is 1.18 bits per heavy atom. The Kier molecular flexibility index (Phi) is 5.51. The average molecular weight is 318 g/mol. The summed E-state index contributed by atoms with van der Waals surface area (Å²) in [6, 6.07) is 2.57. The van der Waals surface area contributed by atoms with Gasteiger partial charge in [0.2, 0.25) is 0 Å². The van der Waals surface area contributed by atoms with Gasteiger partial charge >= 0.3 is 5.63 Å². The molecule has 1 aliphatic heterocycles. The topological polar surface area (TPSA) is 139 Å². The number of methoxy groups -OCH3 is 1. The Morgan fingerprint density at radius 2 is 1.91 bits per heavy atom. The number of hydrogen-bond donors (Lipinski definition) is 4. The van der Waals surface area contributed by atoms with Crippen LogP contribution in [0.2, 0.25) is 0 Å². The van der Waals surface area contributed by atoms with Gasteiger partial charge in [-0.3, -0.25) is 0 Å². The van der Waals surface area contributed by atoms with E-state index in [1.807, 2.05) is 0 Å². The Balaban J connectivity index is 2.04. The Hall–Kier alpha value is -1.49. The van der Waals surface area contributed by atoms with Crippen LogP contribution in [0.4, 0.5) is 0 Å². The van der Waals surface area contributed by atoms with Gasteiger partial charge in [0.1, 0.15) is 42.5 Å². The van der Waals surface area contributed by atoms with Crippen molar-refractivity contribution in [1.82, 2.24) is 0 Å². The third-order valence-corrected chi connectivity index (χ3v) is 3.27. The lowest BCUT2D eigenvalue weighted by Crippen LogP contribution is -2.59. The number of hydrogen-bond acceptors (Lipinski definition) is 9. The first kappa shape index (κ1) is 16.9. The minimum absolute atomic E-state index is 0.126. The monoisotopic (exact) mass is 318 g/mol. The fraction of sp³-hybridized carbons (Fsp3) is 0.615. The van der Waals surface area contributed by atoms with Crippen LogP contribution in [0.25, 0.3) is 0 Å². The molecular formula is C13H18O9.